The number of amides is 1. The van der Waals surface area contributed by atoms with Gasteiger partial charge in [0, 0.05) is 11.0 Å². The summed E-state index contributed by atoms with van der Waals surface area (Å²) in [5.41, 5.74) is 11.8. The lowest BCUT2D eigenvalue weighted by molar-refractivity contribution is -0.117. The predicted octanol–water partition coefficient (Wildman–Crippen LogP) is 4.92. The highest BCUT2D eigenvalue weighted by Gasteiger charge is 2.71. The Labute approximate surface area is 191 Å². The number of benzene rings is 2. The fraction of sp³-hybridized carbons (Fsp3) is 0.333. The molecular formula is C27H25F2N3O. The van der Waals surface area contributed by atoms with E-state index in [-0.39, 0.29) is 28.9 Å². The number of aryl methyl sites for hydroxylation is 1. The monoisotopic (exact) mass is 445 g/mol. The number of hydrogen-bond donors (Lipinski definition) is 1. The van der Waals surface area contributed by atoms with Gasteiger partial charge >= 0.3 is 0 Å². The van der Waals surface area contributed by atoms with Gasteiger partial charge in [-0.25, -0.2) is 13.5 Å². The van der Waals surface area contributed by atoms with Crippen molar-refractivity contribution in [3.8, 4) is 5.69 Å². The summed E-state index contributed by atoms with van der Waals surface area (Å²) in [4.78, 5) is 11.5. The van der Waals surface area contributed by atoms with E-state index in [1.54, 1.807) is 18.2 Å². The summed E-state index contributed by atoms with van der Waals surface area (Å²) in [6.45, 7) is 0. The van der Waals surface area contributed by atoms with Crippen LogP contribution in [0.15, 0.2) is 54.2 Å². The van der Waals surface area contributed by atoms with Crippen molar-refractivity contribution in [3.63, 3.8) is 0 Å². The maximum atomic E-state index is 14.4. The first-order chi connectivity index (χ1) is 15.9. The van der Waals surface area contributed by atoms with Crippen molar-refractivity contribution in [2.75, 3.05) is 0 Å². The molecule has 1 amide bonds. The van der Waals surface area contributed by atoms with Crippen LogP contribution in [0.1, 0.15) is 48.1 Å². The summed E-state index contributed by atoms with van der Waals surface area (Å²) >= 11 is 0. The van der Waals surface area contributed by atoms with Gasteiger partial charge in [0.15, 0.2) is 0 Å². The van der Waals surface area contributed by atoms with Crippen LogP contribution in [0, 0.1) is 22.5 Å². The second kappa shape index (κ2) is 7.11. The smallest absolute Gasteiger partial charge is 0.221 e. The SMILES string of the molecule is NC(=O)Cc1c(F)cccc1CC[C@]12CCC3=Cc4c(cnn4-c4ccc(F)cc4)C[C@@]31C2. The maximum absolute atomic E-state index is 14.4. The number of fused-ring (bicyclic) bond motifs is 1. The minimum Gasteiger partial charge on any atom is -0.369 e. The Kier molecular flexibility index (Phi) is 4.38. The highest BCUT2D eigenvalue weighted by Crippen LogP contribution is 2.79. The lowest BCUT2D eigenvalue weighted by Gasteiger charge is -2.24. The lowest BCUT2D eigenvalue weighted by atomic mass is 9.80. The molecule has 3 aromatic rings. The molecule has 168 valence electrons. The fourth-order valence-corrected chi connectivity index (χ4v) is 6.50. The standard InChI is InChI=1S/C27H25F2N3O/c28-20-4-6-21(7-5-20)32-24-12-19-9-11-26(16-27(19,26)14-18(24)15-31-32)10-8-17-2-1-3-23(29)22(17)13-25(30)33/h1-7,12,15H,8-11,13-14,16H2,(H2,30,33)/t26-,27-/m1/s1. The lowest BCUT2D eigenvalue weighted by Crippen LogP contribution is -2.18. The molecule has 0 saturated heterocycles. The molecule has 6 heteroatoms. The van der Waals surface area contributed by atoms with Crippen LogP contribution >= 0.6 is 0 Å². The minimum atomic E-state index is -0.508. The van der Waals surface area contributed by atoms with Crippen LogP contribution in [0.25, 0.3) is 11.8 Å². The number of primary amides is 1. The first-order valence-electron chi connectivity index (χ1n) is 11.5. The number of nitrogens with zero attached hydrogens (tertiary/aromatic N) is 2. The van der Waals surface area contributed by atoms with Gasteiger partial charge in [0.05, 0.1) is 24.0 Å². The van der Waals surface area contributed by atoms with E-state index in [9.17, 15) is 13.6 Å². The summed E-state index contributed by atoms with van der Waals surface area (Å²) in [5.74, 6) is -1.11. The van der Waals surface area contributed by atoms with E-state index in [4.69, 9.17) is 5.73 Å². The third-order valence-electron chi connectivity index (χ3n) is 8.22. The Morgan fingerprint density at radius 1 is 1.15 bits per heavy atom. The Bertz CT molecular complexity index is 1310. The van der Waals surface area contributed by atoms with Crippen LogP contribution in [0.4, 0.5) is 8.78 Å². The number of rotatable bonds is 6. The summed E-state index contributed by atoms with van der Waals surface area (Å²) in [7, 11) is 0. The van der Waals surface area contributed by atoms with Crippen molar-refractivity contribution in [3.05, 3.63) is 88.3 Å². The van der Waals surface area contributed by atoms with Crippen LogP contribution in [0.3, 0.4) is 0 Å². The quantitative estimate of drug-likeness (QED) is 0.585. The predicted molar refractivity (Wildman–Crippen MR) is 122 cm³/mol. The molecule has 2 fully saturated rings. The Morgan fingerprint density at radius 2 is 1.97 bits per heavy atom. The number of halogens is 2. The second-order valence-corrected chi connectivity index (χ2v) is 9.85. The molecule has 6 rings (SSSR count). The highest BCUT2D eigenvalue weighted by molar-refractivity contribution is 5.77. The van der Waals surface area contributed by atoms with E-state index in [0.29, 0.717) is 5.56 Å². The van der Waals surface area contributed by atoms with Gasteiger partial charge in [-0.1, -0.05) is 17.7 Å². The third kappa shape index (κ3) is 3.07. The Morgan fingerprint density at radius 3 is 2.76 bits per heavy atom. The van der Waals surface area contributed by atoms with Gasteiger partial charge in [-0.05, 0) is 91.5 Å². The molecule has 2 atom stereocenters. The van der Waals surface area contributed by atoms with Gasteiger partial charge in [-0.2, -0.15) is 5.10 Å². The molecule has 3 aliphatic carbocycles. The molecule has 1 spiro atoms. The first kappa shape index (κ1) is 20.3. The first-order valence-corrected chi connectivity index (χ1v) is 11.5. The van der Waals surface area contributed by atoms with E-state index < -0.39 is 5.91 Å². The molecule has 2 aromatic carbocycles. The van der Waals surface area contributed by atoms with Crippen LogP contribution in [-0.4, -0.2) is 15.7 Å². The Balaban J connectivity index is 1.26. The van der Waals surface area contributed by atoms with E-state index in [1.165, 1.54) is 29.3 Å². The molecule has 2 N–H and O–H groups in total. The molecule has 0 bridgehead atoms. The van der Waals surface area contributed by atoms with Crippen LogP contribution < -0.4 is 5.73 Å². The van der Waals surface area contributed by atoms with Crippen molar-refractivity contribution in [2.24, 2.45) is 16.6 Å². The van der Waals surface area contributed by atoms with Gasteiger partial charge < -0.3 is 5.73 Å². The number of nitrogens with two attached hydrogens (primary N) is 1. The van der Waals surface area contributed by atoms with Crippen LogP contribution in [-0.2, 0) is 24.1 Å². The highest BCUT2D eigenvalue weighted by atomic mass is 19.1. The number of carbonyl (C=O) groups is 1. The summed E-state index contributed by atoms with van der Waals surface area (Å²) < 4.78 is 29.6. The van der Waals surface area contributed by atoms with Crippen molar-refractivity contribution >= 4 is 12.0 Å². The molecule has 33 heavy (non-hydrogen) atoms. The van der Waals surface area contributed by atoms with Crippen molar-refractivity contribution < 1.29 is 13.6 Å². The zero-order valence-corrected chi connectivity index (χ0v) is 18.3. The van der Waals surface area contributed by atoms with Gasteiger partial charge in [-0.3, -0.25) is 4.79 Å². The zero-order valence-electron chi connectivity index (χ0n) is 18.3. The van der Waals surface area contributed by atoms with Gasteiger partial charge in [0.2, 0.25) is 5.91 Å². The minimum absolute atomic E-state index is 0.0583. The largest absolute Gasteiger partial charge is 0.369 e. The topological polar surface area (TPSA) is 60.9 Å². The number of hydrogen-bond acceptors (Lipinski definition) is 2. The zero-order chi connectivity index (χ0) is 22.8. The average Bonchev–Trinajstić information content (AvgIpc) is 3.07. The summed E-state index contributed by atoms with van der Waals surface area (Å²) in [5, 5.41) is 4.60. The third-order valence-corrected chi connectivity index (χ3v) is 8.22. The second-order valence-electron chi connectivity index (χ2n) is 9.85. The van der Waals surface area contributed by atoms with Crippen molar-refractivity contribution in [1.29, 1.82) is 0 Å². The molecule has 0 radical (unpaired) electrons. The molecule has 0 aliphatic heterocycles. The normalized spacial score (nSPS) is 24.6. The Hall–Kier alpha value is -3.28. The van der Waals surface area contributed by atoms with Crippen LogP contribution in [0.2, 0.25) is 0 Å². The van der Waals surface area contributed by atoms with E-state index in [1.807, 2.05) is 16.9 Å². The summed E-state index contributed by atoms with van der Waals surface area (Å²) in [6.07, 6.45) is 10.2. The molecule has 4 nitrogen and oxygen atoms in total. The van der Waals surface area contributed by atoms with Gasteiger partial charge in [0.1, 0.15) is 11.6 Å². The van der Waals surface area contributed by atoms with Crippen molar-refractivity contribution in [2.45, 2.75) is 44.9 Å². The molecule has 1 heterocycles. The summed E-state index contributed by atoms with van der Waals surface area (Å²) in [6, 6.07) is 11.5. The maximum Gasteiger partial charge on any atom is 0.221 e. The number of allylic oxidation sites excluding steroid dienone is 1. The molecular weight excluding hydrogens is 420 g/mol. The average molecular weight is 446 g/mol. The van der Waals surface area contributed by atoms with E-state index in [2.05, 4.69) is 11.2 Å². The fourth-order valence-electron chi connectivity index (χ4n) is 6.50. The van der Waals surface area contributed by atoms with Crippen molar-refractivity contribution in [1.82, 2.24) is 9.78 Å². The number of carbonyl (C=O) groups excluding carboxylic acids is 1. The molecule has 1 aromatic heterocycles. The van der Waals surface area contributed by atoms with E-state index >= 15 is 0 Å². The van der Waals surface area contributed by atoms with Gasteiger partial charge in [0.25, 0.3) is 0 Å². The molecule has 2 saturated carbocycles. The molecule has 3 aliphatic rings. The van der Waals surface area contributed by atoms with Crippen LogP contribution in [0.5, 0.6) is 0 Å². The van der Waals surface area contributed by atoms with Gasteiger partial charge in [-0.15, -0.1) is 0 Å². The number of aromatic nitrogens is 2. The van der Waals surface area contributed by atoms with E-state index in [0.717, 1.165) is 55.5 Å². The molecule has 0 unspecified atom stereocenters.